The zero-order chi connectivity index (χ0) is 18.7. The quantitative estimate of drug-likeness (QED) is 0.721. The van der Waals surface area contributed by atoms with Crippen LogP contribution in [0, 0.1) is 0 Å². The molecule has 0 aliphatic heterocycles. The van der Waals surface area contributed by atoms with Gasteiger partial charge in [0.15, 0.2) is 11.4 Å². The molecule has 10 heteroatoms. The Morgan fingerprint density at radius 3 is 2.56 bits per heavy atom. The number of rotatable bonds is 5. The first-order chi connectivity index (χ1) is 11.8. The van der Waals surface area contributed by atoms with Gasteiger partial charge in [-0.1, -0.05) is 34.8 Å². The Balaban J connectivity index is 2.57. The maximum atomic E-state index is 12.4. The van der Waals surface area contributed by atoms with E-state index in [2.05, 4.69) is 9.72 Å². The largest absolute Gasteiger partial charge is 0.484 e. The molecule has 0 fully saturated rings. The van der Waals surface area contributed by atoms with Crippen LogP contribution in [0.2, 0.25) is 15.1 Å². The lowest BCUT2D eigenvalue weighted by Crippen LogP contribution is -2.09. The maximum absolute atomic E-state index is 12.4. The second kappa shape index (κ2) is 8.03. The molecule has 1 heterocycles. The Morgan fingerprint density at radius 1 is 1.28 bits per heavy atom. The molecule has 134 valence electrons. The van der Waals surface area contributed by atoms with Crippen molar-refractivity contribution in [2.45, 2.75) is 6.43 Å². The number of hydrogen-bond acceptors (Lipinski definition) is 5. The van der Waals surface area contributed by atoms with Crippen molar-refractivity contribution in [1.29, 1.82) is 0 Å². The van der Waals surface area contributed by atoms with Gasteiger partial charge < -0.3 is 15.2 Å². The van der Waals surface area contributed by atoms with Crippen molar-refractivity contribution in [3.05, 3.63) is 39.0 Å². The third-order valence-electron chi connectivity index (χ3n) is 3.04. The van der Waals surface area contributed by atoms with Gasteiger partial charge in [0.2, 0.25) is 0 Å². The lowest BCUT2D eigenvalue weighted by Gasteiger charge is -2.14. The monoisotopic (exact) mass is 410 g/mol. The molecule has 1 aromatic heterocycles. The topological polar surface area (TPSA) is 74.4 Å². The number of alkyl halides is 2. The zero-order valence-corrected chi connectivity index (χ0v) is 14.9. The van der Waals surface area contributed by atoms with E-state index in [-0.39, 0.29) is 43.5 Å². The average Bonchev–Trinajstić information content (AvgIpc) is 2.56. The molecule has 0 saturated heterocycles. The first-order valence-electron chi connectivity index (χ1n) is 6.69. The van der Waals surface area contributed by atoms with Gasteiger partial charge in [-0.05, 0) is 18.2 Å². The van der Waals surface area contributed by atoms with Gasteiger partial charge in [0.25, 0.3) is 6.43 Å². The molecule has 1 aromatic carbocycles. The SMILES string of the molecule is COC(=O)c1nc(-c2ccc(Cl)c(OCC(F)F)c2Cl)cc(N)c1Cl. The number of esters is 1. The van der Waals surface area contributed by atoms with Crippen LogP contribution in [0.3, 0.4) is 0 Å². The van der Waals surface area contributed by atoms with Crippen LogP contribution in [0.1, 0.15) is 10.5 Å². The number of carbonyl (C=O) groups excluding carboxylic acids is 1. The Hall–Kier alpha value is -1.83. The number of nitrogens with two attached hydrogens (primary N) is 1. The molecule has 0 unspecified atom stereocenters. The van der Waals surface area contributed by atoms with Crippen molar-refractivity contribution < 1.29 is 23.0 Å². The summed E-state index contributed by atoms with van der Waals surface area (Å²) in [5.74, 6) is -0.922. The van der Waals surface area contributed by atoms with Gasteiger partial charge in [-0.25, -0.2) is 18.6 Å². The van der Waals surface area contributed by atoms with E-state index >= 15 is 0 Å². The third kappa shape index (κ3) is 4.23. The lowest BCUT2D eigenvalue weighted by atomic mass is 10.1. The summed E-state index contributed by atoms with van der Waals surface area (Å²) >= 11 is 18.1. The molecule has 0 spiro atoms. The summed E-state index contributed by atoms with van der Waals surface area (Å²) in [6.07, 6.45) is -2.70. The number of hydrogen-bond donors (Lipinski definition) is 1. The number of aromatic nitrogens is 1. The number of carbonyl (C=O) groups is 1. The first kappa shape index (κ1) is 19.5. The second-order valence-corrected chi connectivity index (χ2v) is 5.85. The van der Waals surface area contributed by atoms with Gasteiger partial charge in [-0.15, -0.1) is 0 Å². The average molecular weight is 412 g/mol. The van der Waals surface area contributed by atoms with Crippen molar-refractivity contribution in [2.75, 3.05) is 19.5 Å². The number of anilines is 1. The van der Waals surface area contributed by atoms with Crippen LogP contribution in [0.4, 0.5) is 14.5 Å². The summed E-state index contributed by atoms with van der Waals surface area (Å²) in [6.45, 7) is -0.882. The lowest BCUT2D eigenvalue weighted by molar-refractivity contribution is 0.0594. The molecule has 2 N–H and O–H groups in total. The Labute approximate surface area is 156 Å². The summed E-state index contributed by atoms with van der Waals surface area (Å²) in [5, 5.41) is -0.0856. The minimum atomic E-state index is -2.70. The smallest absolute Gasteiger partial charge is 0.358 e. The normalized spacial score (nSPS) is 10.8. The first-order valence-corrected chi connectivity index (χ1v) is 7.83. The van der Waals surface area contributed by atoms with Crippen LogP contribution >= 0.6 is 34.8 Å². The molecule has 0 aliphatic carbocycles. The van der Waals surface area contributed by atoms with Crippen LogP contribution in [0.15, 0.2) is 18.2 Å². The number of ether oxygens (including phenoxy) is 2. The Kier molecular flexibility index (Phi) is 6.26. The van der Waals surface area contributed by atoms with E-state index in [1.54, 1.807) is 0 Å². The molecule has 0 aliphatic rings. The van der Waals surface area contributed by atoms with E-state index in [4.69, 9.17) is 45.3 Å². The summed E-state index contributed by atoms with van der Waals surface area (Å²) in [4.78, 5) is 15.8. The second-order valence-electron chi connectivity index (χ2n) is 4.69. The van der Waals surface area contributed by atoms with E-state index < -0.39 is 19.0 Å². The van der Waals surface area contributed by atoms with E-state index in [1.165, 1.54) is 18.2 Å². The van der Waals surface area contributed by atoms with Crippen LogP contribution < -0.4 is 10.5 Å². The third-order valence-corrected chi connectivity index (χ3v) is 4.11. The van der Waals surface area contributed by atoms with Gasteiger partial charge in [0.05, 0.1) is 33.6 Å². The van der Waals surface area contributed by atoms with Crippen molar-refractivity contribution in [3.8, 4) is 17.0 Å². The fraction of sp³-hybridized carbons (Fsp3) is 0.200. The molecular weight excluding hydrogens is 401 g/mol. The molecule has 25 heavy (non-hydrogen) atoms. The predicted molar refractivity (Wildman–Crippen MR) is 92.0 cm³/mol. The molecule has 0 saturated carbocycles. The van der Waals surface area contributed by atoms with Crippen LogP contribution in [0.5, 0.6) is 5.75 Å². The van der Waals surface area contributed by atoms with Gasteiger partial charge >= 0.3 is 5.97 Å². The van der Waals surface area contributed by atoms with Crippen molar-refractivity contribution in [2.24, 2.45) is 0 Å². The summed E-state index contributed by atoms with van der Waals surface area (Å²) in [7, 11) is 1.16. The highest BCUT2D eigenvalue weighted by atomic mass is 35.5. The predicted octanol–water partition coefficient (Wildman–Crippen LogP) is 4.72. The van der Waals surface area contributed by atoms with Gasteiger partial charge in [0.1, 0.15) is 6.61 Å². The summed E-state index contributed by atoms with van der Waals surface area (Å²) in [6, 6.07) is 4.26. The van der Waals surface area contributed by atoms with E-state index in [9.17, 15) is 13.6 Å². The Morgan fingerprint density at radius 2 is 1.96 bits per heavy atom. The minimum absolute atomic E-state index is 0.0459. The van der Waals surface area contributed by atoms with Crippen molar-refractivity contribution in [3.63, 3.8) is 0 Å². The van der Waals surface area contributed by atoms with Crippen molar-refractivity contribution >= 4 is 46.5 Å². The maximum Gasteiger partial charge on any atom is 0.358 e. The van der Waals surface area contributed by atoms with Crippen molar-refractivity contribution in [1.82, 2.24) is 4.98 Å². The molecule has 5 nitrogen and oxygen atoms in total. The molecule has 0 bridgehead atoms. The molecule has 2 rings (SSSR count). The number of benzene rings is 1. The highest BCUT2D eigenvalue weighted by molar-refractivity contribution is 6.39. The van der Waals surface area contributed by atoms with E-state index in [0.717, 1.165) is 7.11 Å². The van der Waals surface area contributed by atoms with E-state index in [0.29, 0.717) is 0 Å². The number of nitrogens with zero attached hydrogens (tertiary/aromatic N) is 1. The van der Waals surface area contributed by atoms with E-state index in [1.807, 2.05) is 0 Å². The van der Waals surface area contributed by atoms with Gasteiger partial charge in [-0.2, -0.15) is 0 Å². The summed E-state index contributed by atoms with van der Waals surface area (Å²) in [5.41, 5.74) is 6.08. The standard InChI is InChI=1S/C15H11Cl3F2N2O3/c1-24-15(23)13-12(18)8(21)4-9(22-13)6-2-3-7(16)14(11(6)17)25-5-10(19)20/h2-4,10H,5H2,1H3,(H2,21,22). The van der Waals surface area contributed by atoms with Crippen LogP contribution in [-0.2, 0) is 4.74 Å². The number of halogens is 5. The molecular formula is C15H11Cl3F2N2O3. The highest BCUT2D eigenvalue weighted by Gasteiger charge is 2.21. The molecule has 0 radical (unpaired) electrons. The number of pyridine rings is 1. The Bertz CT molecular complexity index is 819. The molecule has 0 atom stereocenters. The van der Waals surface area contributed by atoms with Gasteiger partial charge in [0, 0.05) is 5.56 Å². The fourth-order valence-corrected chi connectivity index (χ4v) is 2.68. The van der Waals surface area contributed by atoms with Crippen LogP contribution in [0.25, 0.3) is 11.3 Å². The van der Waals surface area contributed by atoms with Gasteiger partial charge in [-0.3, -0.25) is 0 Å². The molecule has 0 amide bonds. The number of nitrogen functional groups attached to an aromatic ring is 1. The summed E-state index contributed by atoms with van der Waals surface area (Å²) < 4.78 is 34.3. The zero-order valence-electron chi connectivity index (χ0n) is 12.7. The van der Waals surface area contributed by atoms with Crippen LogP contribution in [-0.4, -0.2) is 31.1 Å². The molecule has 2 aromatic rings. The number of methoxy groups -OCH3 is 1. The fourth-order valence-electron chi connectivity index (χ4n) is 1.93. The highest BCUT2D eigenvalue weighted by Crippen LogP contribution is 2.41. The minimum Gasteiger partial charge on any atom is -0.484 e.